The quantitative estimate of drug-likeness (QED) is 0.488. The van der Waals surface area contributed by atoms with Crippen LogP contribution in [0.4, 0.5) is 0 Å². The van der Waals surface area contributed by atoms with Crippen LogP contribution in [0, 0.1) is 0 Å². The Morgan fingerprint density at radius 1 is 1.62 bits per heavy atom. The topological polar surface area (TPSA) is 47.3 Å². The minimum absolute atomic E-state index is 0. The van der Waals surface area contributed by atoms with Gasteiger partial charge in [-0.05, 0) is 13.0 Å². The molecule has 0 saturated carbocycles. The van der Waals surface area contributed by atoms with Crippen molar-refractivity contribution in [2.24, 2.45) is 5.90 Å². The van der Waals surface area contributed by atoms with E-state index >= 15 is 0 Å². The zero-order valence-electron chi connectivity index (χ0n) is 4.59. The van der Waals surface area contributed by atoms with Gasteiger partial charge in [0.25, 0.3) is 0 Å². The van der Waals surface area contributed by atoms with E-state index in [1.807, 2.05) is 0 Å². The molecule has 1 heterocycles. The molecule has 1 fully saturated rings. The molecule has 0 aliphatic carbocycles. The number of rotatable bonds is 1. The lowest BCUT2D eigenvalue weighted by atomic mass is 10.3. The van der Waals surface area contributed by atoms with Crippen LogP contribution in [-0.2, 0) is 4.84 Å². The zero-order chi connectivity index (χ0) is 5.11. The molecule has 1 rings (SSSR count). The van der Waals surface area contributed by atoms with E-state index in [1.54, 1.807) is 0 Å². The van der Waals surface area contributed by atoms with Crippen molar-refractivity contribution in [3.05, 3.63) is 0 Å². The van der Waals surface area contributed by atoms with Crippen LogP contribution in [0.25, 0.3) is 0 Å². The van der Waals surface area contributed by atoms with Gasteiger partial charge in [-0.2, -0.15) is 0 Å². The Hall–Kier alpha value is 0.170. The maximum absolute atomic E-state index is 4.89. The first-order valence-corrected chi connectivity index (χ1v) is 2.50. The Bertz CT molecular complexity index is 56.0. The fourth-order valence-corrected chi connectivity index (χ4v) is 0.744. The van der Waals surface area contributed by atoms with Crippen LogP contribution in [-0.4, -0.2) is 19.2 Å². The highest BCUT2D eigenvalue weighted by Gasteiger charge is 2.12. The predicted molar refractivity (Wildman–Crippen MR) is 33.8 cm³/mol. The summed E-state index contributed by atoms with van der Waals surface area (Å²) >= 11 is 0. The molecule has 1 aliphatic heterocycles. The number of hydrogen-bond donors (Lipinski definition) is 2. The van der Waals surface area contributed by atoms with Gasteiger partial charge in [0.15, 0.2) is 0 Å². The first-order valence-electron chi connectivity index (χ1n) is 2.50. The molecule has 1 atom stereocenters. The molecule has 3 nitrogen and oxygen atoms in total. The molecule has 50 valence electrons. The van der Waals surface area contributed by atoms with Crippen LogP contribution in [0.2, 0.25) is 0 Å². The maximum Gasteiger partial charge on any atom is 0.0923 e. The van der Waals surface area contributed by atoms with Gasteiger partial charge in [0.2, 0.25) is 0 Å². The van der Waals surface area contributed by atoms with Crippen molar-refractivity contribution in [3.63, 3.8) is 0 Å². The van der Waals surface area contributed by atoms with Crippen molar-refractivity contribution in [2.75, 3.05) is 13.1 Å². The molecular formula is C4H11ClN2O. The molecule has 0 unspecified atom stereocenters. The van der Waals surface area contributed by atoms with Gasteiger partial charge in [-0.1, -0.05) is 0 Å². The molecule has 1 saturated heterocycles. The van der Waals surface area contributed by atoms with Crippen LogP contribution in [0.3, 0.4) is 0 Å². The number of nitrogens with one attached hydrogen (secondary N) is 1. The first-order chi connectivity index (χ1) is 3.43. The first kappa shape index (κ1) is 8.17. The van der Waals surface area contributed by atoms with E-state index in [1.165, 1.54) is 0 Å². The third-order valence-corrected chi connectivity index (χ3v) is 1.21. The molecule has 0 amide bonds. The number of halogens is 1. The highest BCUT2D eigenvalue weighted by Crippen LogP contribution is 1.97. The summed E-state index contributed by atoms with van der Waals surface area (Å²) in [7, 11) is 0. The minimum atomic E-state index is 0. The van der Waals surface area contributed by atoms with Gasteiger partial charge in [0.05, 0.1) is 6.10 Å². The van der Waals surface area contributed by atoms with Crippen LogP contribution in [0.15, 0.2) is 0 Å². The van der Waals surface area contributed by atoms with Crippen molar-refractivity contribution in [2.45, 2.75) is 12.5 Å². The van der Waals surface area contributed by atoms with E-state index in [0.717, 1.165) is 19.5 Å². The monoisotopic (exact) mass is 138 g/mol. The van der Waals surface area contributed by atoms with Gasteiger partial charge in [-0.15, -0.1) is 12.4 Å². The summed E-state index contributed by atoms with van der Waals surface area (Å²) in [5.74, 6) is 4.89. The molecule has 1 aliphatic rings. The second-order valence-corrected chi connectivity index (χ2v) is 1.75. The second-order valence-electron chi connectivity index (χ2n) is 1.75. The zero-order valence-corrected chi connectivity index (χ0v) is 5.41. The fraction of sp³-hybridized carbons (Fsp3) is 1.00. The molecule has 4 heteroatoms. The van der Waals surface area contributed by atoms with Gasteiger partial charge >= 0.3 is 0 Å². The van der Waals surface area contributed by atoms with E-state index in [2.05, 4.69) is 10.2 Å². The Morgan fingerprint density at radius 2 is 2.38 bits per heavy atom. The second kappa shape index (κ2) is 4.09. The lowest BCUT2D eigenvalue weighted by Gasteiger charge is -2.00. The van der Waals surface area contributed by atoms with Gasteiger partial charge in [-0.3, -0.25) is 4.84 Å². The van der Waals surface area contributed by atoms with E-state index in [4.69, 9.17) is 5.90 Å². The van der Waals surface area contributed by atoms with E-state index in [9.17, 15) is 0 Å². The summed E-state index contributed by atoms with van der Waals surface area (Å²) in [5, 5.41) is 3.12. The summed E-state index contributed by atoms with van der Waals surface area (Å²) in [6, 6.07) is 0. The molecular weight excluding hydrogens is 128 g/mol. The average molecular weight is 139 g/mol. The molecule has 0 aromatic carbocycles. The van der Waals surface area contributed by atoms with Crippen LogP contribution < -0.4 is 11.2 Å². The molecule has 8 heavy (non-hydrogen) atoms. The molecule has 0 spiro atoms. The Balaban J connectivity index is 0.000000490. The lowest BCUT2D eigenvalue weighted by molar-refractivity contribution is 0.0678. The van der Waals surface area contributed by atoms with Gasteiger partial charge in [0, 0.05) is 6.54 Å². The maximum atomic E-state index is 4.89. The van der Waals surface area contributed by atoms with Gasteiger partial charge in [0.1, 0.15) is 0 Å². The van der Waals surface area contributed by atoms with Crippen molar-refractivity contribution >= 4 is 12.4 Å². The smallest absolute Gasteiger partial charge is 0.0923 e. The molecule has 3 N–H and O–H groups in total. The van der Waals surface area contributed by atoms with E-state index in [0.29, 0.717) is 0 Å². The van der Waals surface area contributed by atoms with Crippen LogP contribution in [0.5, 0.6) is 0 Å². The Morgan fingerprint density at radius 3 is 2.62 bits per heavy atom. The van der Waals surface area contributed by atoms with Gasteiger partial charge in [-0.25, -0.2) is 5.90 Å². The predicted octanol–water partition coefficient (Wildman–Crippen LogP) is -0.340. The largest absolute Gasteiger partial charge is 0.314 e. The van der Waals surface area contributed by atoms with Gasteiger partial charge < -0.3 is 5.32 Å². The SMILES string of the molecule is Cl.NO[C@H]1CCNC1. The highest BCUT2D eigenvalue weighted by molar-refractivity contribution is 5.85. The summed E-state index contributed by atoms with van der Waals surface area (Å²) < 4.78 is 0. The highest BCUT2D eigenvalue weighted by atomic mass is 35.5. The molecule has 0 aromatic heterocycles. The summed E-state index contributed by atoms with van der Waals surface area (Å²) in [6.07, 6.45) is 1.32. The third kappa shape index (κ3) is 1.96. The van der Waals surface area contributed by atoms with Crippen molar-refractivity contribution in [3.8, 4) is 0 Å². The molecule has 0 aromatic rings. The average Bonchev–Trinajstić information content (AvgIpc) is 2.14. The standard InChI is InChI=1S/C4H10N2O.ClH/c5-7-4-1-2-6-3-4;/h4,6H,1-3,5H2;1H/t4-;/m0./s1. The van der Waals surface area contributed by atoms with Crippen molar-refractivity contribution in [1.82, 2.24) is 5.32 Å². The van der Waals surface area contributed by atoms with E-state index in [-0.39, 0.29) is 18.5 Å². The van der Waals surface area contributed by atoms with Crippen LogP contribution in [0.1, 0.15) is 6.42 Å². The third-order valence-electron chi connectivity index (χ3n) is 1.21. The van der Waals surface area contributed by atoms with Crippen molar-refractivity contribution < 1.29 is 4.84 Å². The van der Waals surface area contributed by atoms with Crippen LogP contribution >= 0.6 is 12.4 Å². The Labute approximate surface area is 54.9 Å². The normalized spacial score (nSPS) is 27.4. The molecule has 0 radical (unpaired) electrons. The summed E-state index contributed by atoms with van der Waals surface area (Å²) in [4.78, 5) is 4.55. The minimum Gasteiger partial charge on any atom is -0.314 e. The molecule has 0 bridgehead atoms. The Kier molecular flexibility index (Phi) is 4.18. The number of hydrogen-bond acceptors (Lipinski definition) is 3. The summed E-state index contributed by atoms with van der Waals surface area (Å²) in [5.41, 5.74) is 0. The summed E-state index contributed by atoms with van der Waals surface area (Å²) in [6.45, 7) is 1.96. The van der Waals surface area contributed by atoms with E-state index < -0.39 is 0 Å². The van der Waals surface area contributed by atoms with Crippen molar-refractivity contribution in [1.29, 1.82) is 0 Å². The lowest BCUT2D eigenvalue weighted by Crippen LogP contribution is -2.19. The fourth-order valence-electron chi connectivity index (χ4n) is 0.744. The number of nitrogens with two attached hydrogens (primary N) is 1.